The number of ether oxygens (including phenoxy) is 2. The van der Waals surface area contributed by atoms with Gasteiger partial charge in [0, 0.05) is 31.4 Å². The fourth-order valence-corrected chi connectivity index (χ4v) is 3.27. The standard InChI is InChI=1S/C19H22N4O3/c20-14-9-16-17(26-12-25-16)10-15(14)22-19(24)13-5-6-18(21-11-13)23-7-3-1-2-4-8-23/h5-6,9-11H,1-4,7-8,12,20H2,(H,22,24). The molecule has 1 aromatic carbocycles. The number of fused-ring (bicyclic) bond motifs is 1. The minimum atomic E-state index is -0.259. The van der Waals surface area contributed by atoms with E-state index in [0.717, 1.165) is 18.9 Å². The molecule has 7 heteroatoms. The summed E-state index contributed by atoms with van der Waals surface area (Å²) in [5, 5.41) is 2.81. The molecular weight excluding hydrogens is 332 g/mol. The number of hydrogen-bond acceptors (Lipinski definition) is 6. The molecule has 4 rings (SSSR count). The number of nitrogens with two attached hydrogens (primary N) is 1. The van der Waals surface area contributed by atoms with Gasteiger partial charge >= 0.3 is 0 Å². The van der Waals surface area contributed by atoms with Gasteiger partial charge in [-0.1, -0.05) is 12.8 Å². The molecule has 3 heterocycles. The fourth-order valence-electron chi connectivity index (χ4n) is 3.27. The van der Waals surface area contributed by atoms with Gasteiger partial charge in [0.15, 0.2) is 11.5 Å². The number of amides is 1. The van der Waals surface area contributed by atoms with Crippen molar-refractivity contribution >= 4 is 23.1 Å². The first-order valence-corrected chi connectivity index (χ1v) is 8.92. The van der Waals surface area contributed by atoms with Gasteiger partial charge in [-0.15, -0.1) is 0 Å². The third-order valence-corrected chi connectivity index (χ3v) is 4.73. The predicted molar refractivity (Wildman–Crippen MR) is 99.8 cm³/mol. The summed E-state index contributed by atoms with van der Waals surface area (Å²) < 4.78 is 10.6. The zero-order valence-corrected chi connectivity index (χ0v) is 14.5. The van der Waals surface area contributed by atoms with Gasteiger partial charge in [-0.2, -0.15) is 0 Å². The Morgan fingerprint density at radius 3 is 2.50 bits per heavy atom. The van der Waals surface area contributed by atoms with Gasteiger partial charge in [0.05, 0.1) is 16.9 Å². The molecule has 0 aliphatic carbocycles. The van der Waals surface area contributed by atoms with E-state index < -0.39 is 0 Å². The molecule has 0 bridgehead atoms. The summed E-state index contributed by atoms with van der Waals surface area (Å²) in [6.45, 7) is 2.20. The summed E-state index contributed by atoms with van der Waals surface area (Å²) in [6, 6.07) is 7.03. The number of anilines is 3. The maximum atomic E-state index is 12.5. The highest BCUT2D eigenvalue weighted by Crippen LogP contribution is 2.38. The zero-order chi connectivity index (χ0) is 17.9. The minimum absolute atomic E-state index is 0.161. The van der Waals surface area contributed by atoms with Crippen LogP contribution in [0.3, 0.4) is 0 Å². The van der Waals surface area contributed by atoms with Crippen molar-refractivity contribution in [2.24, 2.45) is 0 Å². The van der Waals surface area contributed by atoms with Crippen molar-refractivity contribution in [2.75, 3.05) is 35.8 Å². The Morgan fingerprint density at radius 2 is 1.81 bits per heavy atom. The van der Waals surface area contributed by atoms with Crippen LogP contribution in [0.1, 0.15) is 36.0 Å². The van der Waals surface area contributed by atoms with E-state index in [4.69, 9.17) is 15.2 Å². The van der Waals surface area contributed by atoms with Crippen LogP contribution in [0.25, 0.3) is 0 Å². The summed E-state index contributed by atoms with van der Waals surface area (Å²) in [4.78, 5) is 19.3. The maximum Gasteiger partial charge on any atom is 0.257 e. The molecule has 0 spiro atoms. The van der Waals surface area contributed by atoms with Gasteiger partial charge in [-0.05, 0) is 25.0 Å². The van der Waals surface area contributed by atoms with E-state index in [0.29, 0.717) is 28.4 Å². The van der Waals surface area contributed by atoms with Gasteiger partial charge < -0.3 is 25.4 Å². The van der Waals surface area contributed by atoms with Gasteiger partial charge in [0.25, 0.3) is 5.91 Å². The van der Waals surface area contributed by atoms with Crippen molar-refractivity contribution in [3.8, 4) is 11.5 Å². The topological polar surface area (TPSA) is 89.7 Å². The van der Waals surface area contributed by atoms with Crippen molar-refractivity contribution in [2.45, 2.75) is 25.7 Å². The van der Waals surface area contributed by atoms with Crippen LogP contribution < -0.4 is 25.4 Å². The minimum Gasteiger partial charge on any atom is -0.454 e. The highest BCUT2D eigenvalue weighted by atomic mass is 16.7. The first kappa shape index (κ1) is 16.5. The van der Waals surface area contributed by atoms with Crippen LogP contribution in [-0.4, -0.2) is 30.8 Å². The molecular formula is C19H22N4O3. The van der Waals surface area contributed by atoms with Crippen molar-refractivity contribution < 1.29 is 14.3 Å². The predicted octanol–water partition coefficient (Wildman–Crippen LogP) is 3.03. The van der Waals surface area contributed by atoms with E-state index in [-0.39, 0.29) is 12.7 Å². The average molecular weight is 354 g/mol. The van der Waals surface area contributed by atoms with Crippen molar-refractivity contribution in [3.05, 3.63) is 36.0 Å². The Kier molecular flexibility index (Phi) is 4.51. The van der Waals surface area contributed by atoms with E-state index in [9.17, 15) is 4.79 Å². The number of carbonyl (C=O) groups excluding carboxylic acids is 1. The summed E-state index contributed by atoms with van der Waals surface area (Å²) in [5.41, 5.74) is 7.39. The van der Waals surface area contributed by atoms with Gasteiger partial charge in [-0.3, -0.25) is 4.79 Å². The third-order valence-electron chi connectivity index (χ3n) is 4.73. The Balaban J connectivity index is 1.47. The van der Waals surface area contributed by atoms with Crippen LogP contribution in [-0.2, 0) is 0 Å². The summed E-state index contributed by atoms with van der Waals surface area (Å²) in [7, 11) is 0. The summed E-state index contributed by atoms with van der Waals surface area (Å²) >= 11 is 0. The smallest absolute Gasteiger partial charge is 0.257 e. The summed E-state index contributed by atoms with van der Waals surface area (Å²) in [6.07, 6.45) is 6.53. The molecule has 1 aromatic heterocycles. The molecule has 26 heavy (non-hydrogen) atoms. The largest absolute Gasteiger partial charge is 0.454 e. The molecule has 2 aliphatic heterocycles. The lowest BCUT2D eigenvalue weighted by Crippen LogP contribution is -2.25. The number of nitrogens with zero attached hydrogens (tertiary/aromatic N) is 2. The molecule has 3 N–H and O–H groups in total. The van der Waals surface area contributed by atoms with Gasteiger partial charge in [0.2, 0.25) is 6.79 Å². The van der Waals surface area contributed by atoms with Crippen molar-refractivity contribution in [3.63, 3.8) is 0 Å². The van der Waals surface area contributed by atoms with E-state index >= 15 is 0 Å². The second-order valence-corrected chi connectivity index (χ2v) is 6.55. The number of nitrogen functional groups attached to an aromatic ring is 1. The van der Waals surface area contributed by atoms with Crippen LogP contribution >= 0.6 is 0 Å². The second-order valence-electron chi connectivity index (χ2n) is 6.55. The summed E-state index contributed by atoms with van der Waals surface area (Å²) in [5.74, 6) is 1.82. The average Bonchev–Trinajstić information content (AvgIpc) is 2.93. The Morgan fingerprint density at radius 1 is 1.08 bits per heavy atom. The number of nitrogens with one attached hydrogen (secondary N) is 1. The quantitative estimate of drug-likeness (QED) is 0.824. The molecule has 136 valence electrons. The van der Waals surface area contributed by atoms with Gasteiger partial charge in [-0.25, -0.2) is 4.98 Å². The molecule has 2 aliphatic rings. The number of hydrogen-bond donors (Lipinski definition) is 2. The van der Waals surface area contributed by atoms with Gasteiger partial charge in [0.1, 0.15) is 5.82 Å². The molecule has 0 unspecified atom stereocenters. The molecule has 1 fully saturated rings. The molecule has 0 atom stereocenters. The highest BCUT2D eigenvalue weighted by Gasteiger charge is 2.18. The monoisotopic (exact) mass is 354 g/mol. The SMILES string of the molecule is Nc1cc2c(cc1NC(=O)c1ccc(N3CCCCCC3)nc1)OCO2. The van der Waals surface area contributed by atoms with E-state index in [2.05, 4.69) is 15.2 Å². The molecule has 7 nitrogen and oxygen atoms in total. The normalized spacial score (nSPS) is 16.2. The van der Waals surface area contributed by atoms with E-state index in [1.807, 2.05) is 6.07 Å². The Hall–Kier alpha value is -2.96. The fraction of sp³-hybridized carbons (Fsp3) is 0.368. The zero-order valence-electron chi connectivity index (χ0n) is 14.5. The highest BCUT2D eigenvalue weighted by molar-refractivity contribution is 6.06. The molecule has 1 amide bonds. The van der Waals surface area contributed by atoms with Crippen LogP contribution in [0, 0.1) is 0 Å². The molecule has 0 saturated carbocycles. The Bertz CT molecular complexity index is 799. The molecule has 0 radical (unpaired) electrons. The third kappa shape index (κ3) is 3.37. The van der Waals surface area contributed by atoms with Crippen LogP contribution in [0.15, 0.2) is 30.5 Å². The number of rotatable bonds is 3. The van der Waals surface area contributed by atoms with Crippen molar-refractivity contribution in [1.29, 1.82) is 0 Å². The number of carbonyl (C=O) groups is 1. The van der Waals surface area contributed by atoms with E-state index in [1.165, 1.54) is 25.7 Å². The lowest BCUT2D eigenvalue weighted by molar-refractivity contribution is 0.102. The van der Waals surface area contributed by atoms with Crippen molar-refractivity contribution in [1.82, 2.24) is 4.98 Å². The van der Waals surface area contributed by atoms with Crippen LogP contribution in [0.2, 0.25) is 0 Å². The lowest BCUT2D eigenvalue weighted by Gasteiger charge is -2.21. The van der Waals surface area contributed by atoms with E-state index in [1.54, 1.807) is 24.4 Å². The first-order chi connectivity index (χ1) is 12.7. The van der Waals surface area contributed by atoms with Crippen LogP contribution in [0.5, 0.6) is 11.5 Å². The molecule has 1 saturated heterocycles. The second kappa shape index (κ2) is 7.11. The Labute approximate surface area is 152 Å². The van der Waals surface area contributed by atoms with Crippen LogP contribution in [0.4, 0.5) is 17.2 Å². The lowest BCUT2D eigenvalue weighted by atomic mass is 10.2. The number of pyridine rings is 1. The maximum absolute atomic E-state index is 12.5. The molecule has 2 aromatic rings. The number of aromatic nitrogens is 1. The number of benzene rings is 1. The first-order valence-electron chi connectivity index (χ1n) is 8.92.